The summed E-state index contributed by atoms with van der Waals surface area (Å²) in [4.78, 5) is 2.73. The smallest absolute Gasteiger partial charge is 0.373 e. The predicted octanol–water partition coefficient (Wildman–Crippen LogP) is 16.7. The van der Waals surface area contributed by atoms with Crippen LogP contribution in [0.15, 0.2) is 0 Å². The average Bonchev–Trinajstić information content (AvgIpc) is 3.19. The maximum atomic E-state index is 6.92. The third kappa shape index (κ3) is 41.0. The molecule has 0 N–H and O–H groups in total. The summed E-state index contributed by atoms with van der Waals surface area (Å²) in [6.45, 7) is 15.0. The van der Waals surface area contributed by atoms with Crippen LogP contribution >= 0.6 is 12.6 Å². The topological polar surface area (TPSA) is 30.9 Å². The Morgan fingerprint density at radius 1 is 0.309 bits per heavy atom. The van der Waals surface area contributed by atoms with E-state index in [9.17, 15) is 0 Å². The lowest BCUT2D eigenvalue weighted by atomic mass is 10.1. The van der Waals surface area contributed by atoms with Gasteiger partial charge in [0.2, 0.25) is 0 Å². The number of thiol groups is 1. The normalized spacial score (nSPS) is 12.1. The molecule has 0 amide bonds. The number of unbranched alkanes of at least 4 members (excludes halogenated alkanes) is 32. The summed E-state index contributed by atoms with van der Waals surface area (Å²) in [7, 11) is -2.76. The second-order valence-electron chi connectivity index (χ2n) is 17.2. The van der Waals surface area contributed by atoms with E-state index >= 15 is 0 Å². The maximum Gasteiger partial charge on any atom is 0.501 e. The van der Waals surface area contributed by atoms with Gasteiger partial charge in [0.1, 0.15) is 0 Å². The Hall–Kier alpha value is 0.407. The van der Waals surface area contributed by atoms with Crippen molar-refractivity contribution < 1.29 is 13.3 Å². The second-order valence-corrected chi connectivity index (χ2v) is 20.4. The molecule has 0 aliphatic heterocycles. The van der Waals surface area contributed by atoms with Crippen molar-refractivity contribution >= 4 is 21.4 Å². The van der Waals surface area contributed by atoms with Gasteiger partial charge in [0.25, 0.3) is 0 Å². The quantitative estimate of drug-likeness (QED) is 0.0377. The van der Waals surface area contributed by atoms with Gasteiger partial charge in [-0.25, -0.2) is 0 Å². The van der Waals surface area contributed by atoms with Crippen molar-refractivity contribution in [1.82, 2.24) is 4.90 Å². The SMILES string of the molecule is CCCCCCCCCCCCN(CCCCCCCCCCCC)CCO[Si](CCCS)(OCCCCCCCCCC)OCCCCCCCCCC. The van der Waals surface area contributed by atoms with Crippen molar-refractivity contribution in [3.63, 3.8) is 0 Å². The first kappa shape index (κ1) is 55.4. The number of rotatable bonds is 49. The zero-order valence-electron chi connectivity index (χ0n) is 38.4. The van der Waals surface area contributed by atoms with E-state index in [4.69, 9.17) is 13.3 Å². The van der Waals surface area contributed by atoms with Crippen LogP contribution in [0.3, 0.4) is 0 Å². The maximum absolute atomic E-state index is 6.92. The van der Waals surface area contributed by atoms with E-state index in [0.29, 0.717) is 0 Å². The third-order valence-electron chi connectivity index (χ3n) is 11.7. The molecule has 0 radical (unpaired) electrons. The fourth-order valence-electron chi connectivity index (χ4n) is 7.88. The van der Waals surface area contributed by atoms with Crippen molar-refractivity contribution in [3.05, 3.63) is 0 Å². The Kier molecular flexibility index (Phi) is 47.4. The fraction of sp³-hybridized carbons (Fsp3) is 1.00. The molecule has 0 heterocycles. The Bertz CT molecular complexity index is 655. The van der Waals surface area contributed by atoms with Crippen molar-refractivity contribution in [2.24, 2.45) is 0 Å². The molecule has 0 bridgehead atoms. The van der Waals surface area contributed by atoms with Gasteiger partial charge in [-0.1, -0.05) is 233 Å². The minimum Gasteiger partial charge on any atom is -0.373 e. The molecular formula is C49H103NO3SSi. The van der Waals surface area contributed by atoms with Crippen LogP contribution in [0.2, 0.25) is 6.04 Å². The number of nitrogens with zero attached hydrogens (tertiary/aromatic N) is 1. The predicted molar refractivity (Wildman–Crippen MR) is 252 cm³/mol. The third-order valence-corrected chi connectivity index (χ3v) is 14.9. The first-order valence-corrected chi connectivity index (χ1v) is 28.0. The largest absolute Gasteiger partial charge is 0.501 e. The molecule has 0 fully saturated rings. The number of hydrogen-bond acceptors (Lipinski definition) is 5. The molecule has 0 spiro atoms. The number of hydrogen-bond donors (Lipinski definition) is 1. The van der Waals surface area contributed by atoms with Gasteiger partial charge in [0, 0.05) is 25.8 Å². The monoisotopic (exact) mass is 814 g/mol. The van der Waals surface area contributed by atoms with E-state index in [0.717, 1.165) is 57.4 Å². The van der Waals surface area contributed by atoms with Gasteiger partial charge in [-0.05, 0) is 50.9 Å². The lowest BCUT2D eigenvalue weighted by Gasteiger charge is -2.31. The molecule has 4 nitrogen and oxygen atoms in total. The molecular weight excluding hydrogens is 711 g/mol. The Morgan fingerprint density at radius 2 is 0.582 bits per heavy atom. The van der Waals surface area contributed by atoms with Gasteiger partial charge in [-0.3, -0.25) is 0 Å². The van der Waals surface area contributed by atoms with Crippen LogP contribution in [0, 0.1) is 0 Å². The average molecular weight is 815 g/mol. The van der Waals surface area contributed by atoms with Crippen LogP contribution < -0.4 is 0 Å². The zero-order valence-corrected chi connectivity index (χ0v) is 40.3. The summed E-state index contributed by atoms with van der Waals surface area (Å²) in [6.07, 6.45) is 50.1. The van der Waals surface area contributed by atoms with Crippen LogP contribution in [0.1, 0.15) is 265 Å². The standard InChI is InChI=1S/C49H103NO3SSi/c1-5-9-13-17-21-25-27-29-33-37-42-50(43-38-34-30-28-26-22-18-14-10-6-2)44-47-53-55(49-41-48-54,51-45-39-35-31-23-19-15-11-7-3)52-46-40-36-32-24-20-16-12-8-4/h54H,5-49H2,1-4H3. The van der Waals surface area contributed by atoms with Crippen LogP contribution in [0.5, 0.6) is 0 Å². The van der Waals surface area contributed by atoms with Crippen molar-refractivity contribution in [2.75, 3.05) is 45.2 Å². The Balaban J connectivity index is 5.12. The minimum atomic E-state index is -2.76. The summed E-state index contributed by atoms with van der Waals surface area (Å²) in [5, 5.41) is 0. The molecule has 6 heteroatoms. The molecule has 0 saturated carbocycles. The lowest BCUT2D eigenvalue weighted by Crippen LogP contribution is -2.48. The molecule has 0 aliphatic carbocycles. The van der Waals surface area contributed by atoms with Crippen molar-refractivity contribution in [1.29, 1.82) is 0 Å². The van der Waals surface area contributed by atoms with Crippen LogP contribution in [-0.4, -0.2) is 58.9 Å². The van der Waals surface area contributed by atoms with E-state index in [1.54, 1.807) is 0 Å². The van der Waals surface area contributed by atoms with Gasteiger partial charge in [-0.2, -0.15) is 12.6 Å². The Morgan fingerprint density at radius 3 is 0.891 bits per heavy atom. The van der Waals surface area contributed by atoms with E-state index in [-0.39, 0.29) is 0 Å². The molecule has 0 unspecified atom stereocenters. The molecule has 332 valence electrons. The van der Waals surface area contributed by atoms with Crippen molar-refractivity contribution in [3.8, 4) is 0 Å². The van der Waals surface area contributed by atoms with Gasteiger partial charge in [0.05, 0.1) is 6.61 Å². The summed E-state index contributed by atoms with van der Waals surface area (Å²) in [5.74, 6) is 0.865. The fourth-order valence-corrected chi connectivity index (χ4v) is 10.9. The molecule has 0 aliphatic rings. The molecule has 55 heavy (non-hydrogen) atoms. The molecule has 0 aromatic heterocycles. The molecule has 0 atom stereocenters. The van der Waals surface area contributed by atoms with E-state index in [1.165, 1.54) is 231 Å². The van der Waals surface area contributed by atoms with Crippen LogP contribution in [0.25, 0.3) is 0 Å². The molecule has 0 rings (SSSR count). The molecule has 0 aromatic rings. The Labute approximate surface area is 354 Å². The van der Waals surface area contributed by atoms with E-state index < -0.39 is 8.80 Å². The van der Waals surface area contributed by atoms with Gasteiger partial charge >= 0.3 is 8.80 Å². The summed E-state index contributed by atoms with van der Waals surface area (Å²) in [5.41, 5.74) is 0. The van der Waals surface area contributed by atoms with Crippen LogP contribution in [-0.2, 0) is 13.3 Å². The lowest BCUT2D eigenvalue weighted by molar-refractivity contribution is 0.0486. The highest BCUT2D eigenvalue weighted by molar-refractivity contribution is 7.80. The van der Waals surface area contributed by atoms with E-state index in [2.05, 4.69) is 45.2 Å². The first-order chi connectivity index (χ1) is 27.2. The van der Waals surface area contributed by atoms with Crippen molar-refractivity contribution in [2.45, 2.75) is 271 Å². The minimum absolute atomic E-state index is 0.739. The first-order valence-electron chi connectivity index (χ1n) is 25.4. The van der Waals surface area contributed by atoms with Gasteiger partial charge < -0.3 is 18.2 Å². The summed E-state index contributed by atoms with van der Waals surface area (Å²) < 4.78 is 20.5. The highest BCUT2D eigenvalue weighted by atomic mass is 32.1. The highest BCUT2D eigenvalue weighted by Crippen LogP contribution is 2.22. The molecule has 0 aromatic carbocycles. The summed E-state index contributed by atoms with van der Waals surface area (Å²) >= 11 is 4.62. The summed E-state index contributed by atoms with van der Waals surface area (Å²) in [6, 6.07) is 0.904. The zero-order chi connectivity index (χ0) is 40.0. The van der Waals surface area contributed by atoms with Gasteiger partial charge in [-0.15, -0.1) is 0 Å². The van der Waals surface area contributed by atoms with E-state index in [1.807, 2.05) is 0 Å². The van der Waals surface area contributed by atoms with Crippen LogP contribution in [0.4, 0.5) is 0 Å². The van der Waals surface area contributed by atoms with Gasteiger partial charge in [0.15, 0.2) is 0 Å². The highest BCUT2D eigenvalue weighted by Gasteiger charge is 2.40. The second kappa shape index (κ2) is 47.1. The molecule has 0 saturated heterocycles.